The van der Waals surface area contributed by atoms with Crippen LogP contribution >= 0.6 is 0 Å². The number of carbonyl (C=O) groups is 1. The summed E-state index contributed by atoms with van der Waals surface area (Å²) in [5.74, 6) is 0.347. The molecule has 20 heavy (non-hydrogen) atoms. The van der Waals surface area contributed by atoms with Crippen molar-refractivity contribution in [3.8, 4) is 0 Å². The molecule has 0 unspecified atom stereocenters. The van der Waals surface area contributed by atoms with E-state index in [0.29, 0.717) is 5.82 Å². The predicted octanol–water partition coefficient (Wildman–Crippen LogP) is 1.61. The largest absolute Gasteiger partial charge is 0.444 e. The Hall–Kier alpha value is -2.47. The molecular weight excluding hydrogens is 258 g/mol. The summed E-state index contributed by atoms with van der Waals surface area (Å²) in [4.78, 5) is 13.3. The number of nitrogens with zero attached hydrogens (tertiary/aromatic N) is 3. The van der Waals surface area contributed by atoms with E-state index in [1.54, 1.807) is 12.1 Å². The van der Waals surface area contributed by atoms with Gasteiger partial charge in [0.15, 0.2) is 5.82 Å². The summed E-state index contributed by atoms with van der Waals surface area (Å²) >= 11 is 0. The minimum absolute atomic E-state index is 0.103. The van der Waals surface area contributed by atoms with E-state index in [0.717, 1.165) is 5.56 Å². The Morgan fingerprint density at radius 1 is 1.20 bits per heavy atom. The summed E-state index contributed by atoms with van der Waals surface area (Å²) in [5.41, 5.74) is 0.893. The van der Waals surface area contributed by atoms with Gasteiger partial charge in [0.2, 0.25) is 0 Å². The predicted molar refractivity (Wildman–Crippen MR) is 73.1 cm³/mol. The van der Waals surface area contributed by atoms with Crippen molar-refractivity contribution in [2.45, 2.75) is 6.61 Å². The first-order chi connectivity index (χ1) is 9.81. The smallest absolute Gasteiger partial charge is 0.415 e. The van der Waals surface area contributed by atoms with Gasteiger partial charge < -0.3 is 9.84 Å². The lowest BCUT2D eigenvalue weighted by molar-refractivity contribution is 0.145. The van der Waals surface area contributed by atoms with Gasteiger partial charge in [-0.25, -0.2) is 4.79 Å². The molecule has 0 bridgehead atoms. The average molecular weight is 273 g/mol. The molecule has 0 atom stereocenters. The molecule has 0 fully saturated rings. The number of benzene rings is 1. The summed E-state index contributed by atoms with van der Waals surface area (Å²) in [7, 11) is 0. The zero-order valence-corrected chi connectivity index (χ0v) is 10.8. The maximum absolute atomic E-state index is 12.0. The Labute approximate surface area is 116 Å². The van der Waals surface area contributed by atoms with Gasteiger partial charge in [0, 0.05) is 6.20 Å². The molecule has 104 valence electrons. The van der Waals surface area contributed by atoms with E-state index in [9.17, 15) is 4.79 Å². The lowest BCUT2D eigenvalue weighted by atomic mass is 10.2. The lowest BCUT2D eigenvalue weighted by Gasteiger charge is -2.19. The Morgan fingerprint density at radius 3 is 2.65 bits per heavy atom. The molecule has 0 saturated heterocycles. The zero-order chi connectivity index (χ0) is 14.2. The third kappa shape index (κ3) is 3.76. The maximum atomic E-state index is 12.0. The first kappa shape index (κ1) is 14.0. The van der Waals surface area contributed by atoms with E-state index < -0.39 is 6.09 Å². The van der Waals surface area contributed by atoms with E-state index in [1.165, 1.54) is 11.1 Å². The Balaban J connectivity index is 2.01. The maximum Gasteiger partial charge on any atom is 0.415 e. The fourth-order valence-corrected chi connectivity index (χ4v) is 1.63. The van der Waals surface area contributed by atoms with E-state index in [1.807, 2.05) is 30.3 Å². The highest BCUT2D eigenvalue weighted by Crippen LogP contribution is 2.11. The standard InChI is InChI=1S/C14H15N3O3/c18-10-9-17(13-7-4-8-15-16-13)14(19)20-11-12-5-2-1-3-6-12/h1-8,18H,9-11H2. The molecule has 0 aliphatic heterocycles. The Bertz CT molecular complexity index is 534. The molecule has 1 N–H and O–H groups in total. The van der Waals surface area contributed by atoms with Crippen molar-refractivity contribution in [1.29, 1.82) is 0 Å². The van der Waals surface area contributed by atoms with Crippen LogP contribution in [-0.2, 0) is 11.3 Å². The summed E-state index contributed by atoms with van der Waals surface area (Å²) in [5, 5.41) is 16.6. The van der Waals surface area contributed by atoms with Gasteiger partial charge >= 0.3 is 6.09 Å². The molecule has 1 amide bonds. The minimum Gasteiger partial charge on any atom is -0.444 e. The van der Waals surface area contributed by atoms with E-state index in [-0.39, 0.29) is 19.8 Å². The second kappa shape index (κ2) is 7.20. The molecule has 0 aliphatic rings. The normalized spacial score (nSPS) is 10.1. The van der Waals surface area contributed by atoms with E-state index in [4.69, 9.17) is 9.84 Å². The number of amides is 1. The van der Waals surface area contributed by atoms with Crippen LogP contribution < -0.4 is 4.90 Å². The van der Waals surface area contributed by atoms with Gasteiger partial charge in [0.05, 0.1) is 13.2 Å². The fourth-order valence-electron chi connectivity index (χ4n) is 1.63. The van der Waals surface area contributed by atoms with Crippen LogP contribution in [0.5, 0.6) is 0 Å². The molecule has 6 heteroatoms. The van der Waals surface area contributed by atoms with Crippen LogP contribution in [0.4, 0.5) is 10.6 Å². The third-order valence-electron chi connectivity index (χ3n) is 2.58. The van der Waals surface area contributed by atoms with Gasteiger partial charge in [-0.05, 0) is 17.7 Å². The zero-order valence-electron chi connectivity index (χ0n) is 10.8. The average Bonchev–Trinajstić information content (AvgIpc) is 2.52. The van der Waals surface area contributed by atoms with Crippen molar-refractivity contribution in [2.24, 2.45) is 0 Å². The Kier molecular flexibility index (Phi) is 5.02. The number of hydrogen-bond donors (Lipinski definition) is 1. The highest BCUT2D eigenvalue weighted by atomic mass is 16.6. The lowest BCUT2D eigenvalue weighted by Crippen LogP contribution is -2.34. The topological polar surface area (TPSA) is 75.5 Å². The van der Waals surface area contributed by atoms with Gasteiger partial charge in [-0.15, -0.1) is 5.10 Å². The summed E-state index contributed by atoms with van der Waals surface area (Å²) in [6.45, 7) is 0.0885. The van der Waals surface area contributed by atoms with Crippen molar-refractivity contribution in [3.05, 3.63) is 54.2 Å². The van der Waals surface area contributed by atoms with Crippen LogP contribution in [0.15, 0.2) is 48.7 Å². The first-order valence-corrected chi connectivity index (χ1v) is 6.18. The number of anilines is 1. The van der Waals surface area contributed by atoms with Gasteiger partial charge in [-0.3, -0.25) is 4.90 Å². The van der Waals surface area contributed by atoms with Gasteiger partial charge in [-0.2, -0.15) is 5.10 Å². The first-order valence-electron chi connectivity index (χ1n) is 6.18. The molecule has 1 heterocycles. The van der Waals surface area contributed by atoms with E-state index >= 15 is 0 Å². The van der Waals surface area contributed by atoms with Gasteiger partial charge in [0.1, 0.15) is 6.61 Å². The number of aliphatic hydroxyl groups excluding tert-OH is 1. The van der Waals surface area contributed by atoms with Crippen molar-refractivity contribution >= 4 is 11.9 Å². The van der Waals surface area contributed by atoms with Gasteiger partial charge in [0.25, 0.3) is 0 Å². The molecular formula is C14H15N3O3. The van der Waals surface area contributed by atoms with Crippen LogP contribution in [-0.4, -0.2) is 34.5 Å². The molecule has 0 spiro atoms. The van der Waals surface area contributed by atoms with Gasteiger partial charge in [-0.1, -0.05) is 30.3 Å². The summed E-state index contributed by atoms with van der Waals surface area (Å²) in [6.07, 6.45) is 0.944. The fraction of sp³-hybridized carbons (Fsp3) is 0.214. The van der Waals surface area contributed by atoms with Crippen LogP contribution in [0.3, 0.4) is 0 Å². The molecule has 0 radical (unpaired) electrons. The summed E-state index contributed by atoms with van der Waals surface area (Å²) < 4.78 is 5.21. The highest BCUT2D eigenvalue weighted by molar-refractivity contribution is 5.86. The van der Waals surface area contributed by atoms with Crippen molar-refractivity contribution in [1.82, 2.24) is 10.2 Å². The number of aromatic nitrogens is 2. The number of carbonyl (C=O) groups excluding carboxylic acids is 1. The second-order valence-electron chi connectivity index (χ2n) is 4.00. The molecule has 0 aliphatic carbocycles. The number of hydrogen-bond acceptors (Lipinski definition) is 5. The van der Waals surface area contributed by atoms with Crippen molar-refractivity contribution in [2.75, 3.05) is 18.1 Å². The highest BCUT2D eigenvalue weighted by Gasteiger charge is 2.18. The number of ether oxygens (including phenoxy) is 1. The Morgan fingerprint density at radius 2 is 2.00 bits per heavy atom. The van der Waals surface area contributed by atoms with Crippen LogP contribution in [0.25, 0.3) is 0 Å². The minimum atomic E-state index is -0.566. The third-order valence-corrected chi connectivity index (χ3v) is 2.58. The van der Waals surface area contributed by atoms with Crippen LogP contribution in [0, 0.1) is 0 Å². The van der Waals surface area contributed by atoms with Crippen LogP contribution in [0.2, 0.25) is 0 Å². The van der Waals surface area contributed by atoms with Crippen molar-refractivity contribution < 1.29 is 14.6 Å². The monoisotopic (exact) mass is 273 g/mol. The molecule has 6 nitrogen and oxygen atoms in total. The molecule has 2 aromatic rings. The van der Waals surface area contributed by atoms with Crippen molar-refractivity contribution in [3.63, 3.8) is 0 Å². The molecule has 0 saturated carbocycles. The number of aliphatic hydroxyl groups is 1. The second-order valence-corrected chi connectivity index (χ2v) is 4.00. The molecule has 1 aromatic heterocycles. The molecule has 2 rings (SSSR count). The SMILES string of the molecule is O=C(OCc1ccccc1)N(CCO)c1cccnn1. The molecule has 1 aromatic carbocycles. The number of rotatable bonds is 5. The summed E-state index contributed by atoms with van der Waals surface area (Å²) in [6, 6.07) is 12.7. The quantitative estimate of drug-likeness (QED) is 0.895. The van der Waals surface area contributed by atoms with E-state index in [2.05, 4.69) is 10.2 Å². The van der Waals surface area contributed by atoms with Crippen LogP contribution in [0.1, 0.15) is 5.56 Å².